The van der Waals surface area contributed by atoms with Gasteiger partial charge >= 0.3 is 5.97 Å². The van der Waals surface area contributed by atoms with Gasteiger partial charge in [-0.1, -0.05) is 6.07 Å². The quantitative estimate of drug-likeness (QED) is 0.834. The molecule has 0 aliphatic heterocycles. The second-order valence-electron chi connectivity index (χ2n) is 3.94. The Balaban J connectivity index is 1.99. The Labute approximate surface area is 113 Å². The van der Waals surface area contributed by atoms with E-state index in [1.807, 2.05) is 17.5 Å². The third kappa shape index (κ3) is 3.92. The SMILES string of the molecule is O=C(O)C[C@H](NC(=O)Cn1cccn1)c1cccs1. The normalized spacial score (nSPS) is 12.0. The van der Waals surface area contributed by atoms with Crippen LogP contribution in [-0.2, 0) is 16.1 Å². The molecular weight excluding hydrogens is 266 g/mol. The number of hydrogen-bond acceptors (Lipinski definition) is 4. The lowest BCUT2D eigenvalue weighted by atomic mass is 10.1. The molecule has 0 saturated heterocycles. The molecule has 0 aliphatic carbocycles. The summed E-state index contributed by atoms with van der Waals surface area (Å²) >= 11 is 1.42. The highest BCUT2D eigenvalue weighted by molar-refractivity contribution is 7.10. The molecule has 1 atom stereocenters. The molecule has 0 unspecified atom stereocenters. The predicted molar refractivity (Wildman–Crippen MR) is 69.7 cm³/mol. The first-order valence-corrected chi connectivity index (χ1v) is 6.55. The van der Waals surface area contributed by atoms with Crippen LogP contribution in [0.3, 0.4) is 0 Å². The summed E-state index contributed by atoms with van der Waals surface area (Å²) in [5.41, 5.74) is 0. The molecular formula is C12H13N3O3S. The van der Waals surface area contributed by atoms with Gasteiger partial charge in [0.1, 0.15) is 6.54 Å². The fourth-order valence-corrected chi connectivity index (χ4v) is 2.45. The maximum atomic E-state index is 11.8. The Hall–Kier alpha value is -2.15. The number of amides is 1. The Kier molecular flexibility index (Phi) is 4.30. The van der Waals surface area contributed by atoms with Gasteiger partial charge in [0.2, 0.25) is 5.91 Å². The first-order chi connectivity index (χ1) is 9.15. The maximum absolute atomic E-state index is 11.8. The van der Waals surface area contributed by atoms with E-state index in [1.54, 1.807) is 18.5 Å². The zero-order valence-electron chi connectivity index (χ0n) is 10.0. The van der Waals surface area contributed by atoms with Crippen LogP contribution in [0.5, 0.6) is 0 Å². The monoisotopic (exact) mass is 279 g/mol. The molecule has 19 heavy (non-hydrogen) atoms. The Morgan fingerprint density at radius 3 is 2.89 bits per heavy atom. The Morgan fingerprint density at radius 2 is 2.32 bits per heavy atom. The van der Waals surface area contributed by atoms with E-state index < -0.39 is 12.0 Å². The van der Waals surface area contributed by atoms with E-state index in [-0.39, 0.29) is 18.9 Å². The number of aromatic nitrogens is 2. The minimum Gasteiger partial charge on any atom is -0.481 e. The maximum Gasteiger partial charge on any atom is 0.305 e. The molecule has 7 heteroatoms. The van der Waals surface area contributed by atoms with Gasteiger partial charge in [-0.15, -0.1) is 11.3 Å². The number of carbonyl (C=O) groups excluding carboxylic acids is 1. The summed E-state index contributed by atoms with van der Waals surface area (Å²) in [6.45, 7) is 0.0779. The van der Waals surface area contributed by atoms with Crippen LogP contribution in [-0.4, -0.2) is 26.8 Å². The van der Waals surface area contributed by atoms with Crippen molar-refractivity contribution in [3.63, 3.8) is 0 Å². The molecule has 100 valence electrons. The Bertz CT molecular complexity index is 537. The molecule has 0 aliphatic rings. The van der Waals surface area contributed by atoms with Crippen LogP contribution in [0.25, 0.3) is 0 Å². The molecule has 2 rings (SSSR count). The average Bonchev–Trinajstić information content (AvgIpc) is 2.99. The van der Waals surface area contributed by atoms with Crippen LogP contribution >= 0.6 is 11.3 Å². The van der Waals surface area contributed by atoms with Gasteiger partial charge in [-0.3, -0.25) is 14.3 Å². The molecule has 0 bridgehead atoms. The molecule has 1 amide bonds. The minimum atomic E-state index is -0.946. The summed E-state index contributed by atoms with van der Waals surface area (Å²) in [4.78, 5) is 23.5. The van der Waals surface area contributed by atoms with Gasteiger partial charge in [0, 0.05) is 17.3 Å². The molecule has 0 spiro atoms. The molecule has 0 radical (unpaired) electrons. The van der Waals surface area contributed by atoms with E-state index in [4.69, 9.17) is 5.11 Å². The summed E-state index contributed by atoms with van der Waals surface area (Å²) in [5, 5.41) is 17.4. The molecule has 6 nitrogen and oxygen atoms in total. The molecule has 0 fully saturated rings. The first-order valence-electron chi connectivity index (χ1n) is 5.67. The second-order valence-corrected chi connectivity index (χ2v) is 4.92. The lowest BCUT2D eigenvalue weighted by molar-refractivity contribution is -0.137. The van der Waals surface area contributed by atoms with E-state index in [2.05, 4.69) is 10.4 Å². The van der Waals surface area contributed by atoms with Crippen LogP contribution < -0.4 is 5.32 Å². The van der Waals surface area contributed by atoms with Crippen molar-refractivity contribution >= 4 is 23.2 Å². The van der Waals surface area contributed by atoms with E-state index in [0.717, 1.165) is 4.88 Å². The summed E-state index contributed by atoms with van der Waals surface area (Å²) in [5.74, 6) is -1.21. The number of thiophene rings is 1. The second kappa shape index (κ2) is 6.14. The highest BCUT2D eigenvalue weighted by Gasteiger charge is 2.19. The standard InChI is InChI=1S/C12H13N3O3S/c16-11(8-15-5-2-4-13-15)14-9(7-12(17)18)10-3-1-6-19-10/h1-6,9H,7-8H2,(H,14,16)(H,17,18)/t9-/m0/s1. The minimum absolute atomic E-state index is 0.0779. The van der Waals surface area contributed by atoms with Crippen molar-refractivity contribution < 1.29 is 14.7 Å². The third-order valence-electron chi connectivity index (χ3n) is 2.47. The zero-order valence-corrected chi connectivity index (χ0v) is 10.8. The van der Waals surface area contributed by atoms with Gasteiger partial charge < -0.3 is 10.4 Å². The van der Waals surface area contributed by atoms with Crippen molar-refractivity contribution in [2.24, 2.45) is 0 Å². The number of carboxylic acid groups (broad SMARTS) is 1. The number of rotatable bonds is 6. The van der Waals surface area contributed by atoms with E-state index in [0.29, 0.717) is 0 Å². The van der Waals surface area contributed by atoms with Crippen LogP contribution in [0.2, 0.25) is 0 Å². The van der Waals surface area contributed by atoms with Gasteiger partial charge in [-0.25, -0.2) is 0 Å². The summed E-state index contributed by atoms with van der Waals surface area (Å²) < 4.78 is 1.49. The van der Waals surface area contributed by atoms with Gasteiger partial charge in [0.25, 0.3) is 0 Å². The molecule has 0 aromatic carbocycles. The lowest BCUT2D eigenvalue weighted by Crippen LogP contribution is -2.32. The van der Waals surface area contributed by atoms with Crippen molar-refractivity contribution in [3.8, 4) is 0 Å². The van der Waals surface area contributed by atoms with Crippen molar-refractivity contribution in [1.29, 1.82) is 0 Å². The summed E-state index contributed by atoms with van der Waals surface area (Å²) in [6.07, 6.45) is 3.13. The average molecular weight is 279 g/mol. The third-order valence-corrected chi connectivity index (χ3v) is 3.45. The predicted octanol–water partition coefficient (Wildman–Crippen LogP) is 1.28. The highest BCUT2D eigenvalue weighted by atomic mass is 32.1. The number of carboxylic acids is 1. The van der Waals surface area contributed by atoms with Crippen LogP contribution in [0.15, 0.2) is 36.0 Å². The fraction of sp³-hybridized carbons (Fsp3) is 0.250. The largest absolute Gasteiger partial charge is 0.481 e. The van der Waals surface area contributed by atoms with E-state index >= 15 is 0 Å². The molecule has 2 N–H and O–H groups in total. The first kappa shape index (κ1) is 13.3. The summed E-state index contributed by atoms with van der Waals surface area (Å²) in [6, 6.07) is 4.86. The van der Waals surface area contributed by atoms with E-state index in [1.165, 1.54) is 16.0 Å². The number of aliphatic carboxylic acids is 1. The van der Waals surface area contributed by atoms with Crippen molar-refractivity contribution in [2.75, 3.05) is 0 Å². The van der Waals surface area contributed by atoms with Gasteiger partial charge in [-0.05, 0) is 17.5 Å². The van der Waals surface area contributed by atoms with Gasteiger partial charge in [-0.2, -0.15) is 5.10 Å². The Morgan fingerprint density at radius 1 is 1.47 bits per heavy atom. The summed E-state index contributed by atoms with van der Waals surface area (Å²) in [7, 11) is 0. The van der Waals surface area contributed by atoms with Crippen molar-refractivity contribution in [2.45, 2.75) is 19.0 Å². The molecule has 2 heterocycles. The number of hydrogen-bond donors (Lipinski definition) is 2. The number of nitrogens with one attached hydrogen (secondary N) is 1. The van der Waals surface area contributed by atoms with E-state index in [9.17, 15) is 9.59 Å². The highest BCUT2D eigenvalue weighted by Crippen LogP contribution is 2.21. The zero-order chi connectivity index (χ0) is 13.7. The molecule has 0 saturated carbocycles. The van der Waals surface area contributed by atoms with Crippen molar-refractivity contribution in [3.05, 3.63) is 40.8 Å². The lowest BCUT2D eigenvalue weighted by Gasteiger charge is -2.15. The smallest absolute Gasteiger partial charge is 0.305 e. The van der Waals surface area contributed by atoms with Crippen LogP contribution in [0.4, 0.5) is 0 Å². The van der Waals surface area contributed by atoms with Gasteiger partial charge in [0.05, 0.1) is 12.5 Å². The van der Waals surface area contributed by atoms with Crippen LogP contribution in [0.1, 0.15) is 17.3 Å². The van der Waals surface area contributed by atoms with Crippen LogP contribution in [0, 0.1) is 0 Å². The number of nitrogens with zero attached hydrogens (tertiary/aromatic N) is 2. The molecule has 2 aromatic heterocycles. The van der Waals surface area contributed by atoms with Gasteiger partial charge in [0.15, 0.2) is 0 Å². The number of carbonyl (C=O) groups is 2. The topological polar surface area (TPSA) is 84.2 Å². The fourth-order valence-electron chi connectivity index (χ4n) is 1.67. The van der Waals surface area contributed by atoms with Crippen molar-refractivity contribution in [1.82, 2.24) is 15.1 Å². The molecule has 2 aromatic rings.